The Hall–Kier alpha value is -1.18. The molecule has 6 nitrogen and oxygen atoms in total. The van der Waals surface area contributed by atoms with Crippen LogP contribution in [0.3, 0.4) is 0 Å². The number of hydrogen-bond donors (Lipinski definition) is 4. The van der Waals surface area contributed by atoms with E-state index in [4.69, 9.17) is 14.6 Å². The Balaban J connectivity index is 2.13. The maximum absolute atomic E-state index is 9.86. The molecule has 4 N–H and O–H groups in total. The lowest BCUT2D eigenvalue weighted by molar-refractivity contribution is -0.277. The van der Waals surface area contributed by atoms with Crippen LogP contribution in [0.15, 0.2) is 18.2 Å². The Labute approximate surface area is 117 Å². The third kappa shape index (κ3) is 2.94. The number of aliphatic hydroxyl groups excluding tert-OH is 4. The van der Waals surface area contributed by atoms with Crippen LogP contribution < -0.4 is 4.74 Å². The minimum absolute atomic E-state index is 0.474. The summed E-state index contributed by atoms with van der Waals surface area (Å²) in [4.78, 5) is 0. The van der Waals surface area contributed by atoms with Crippen molar-refractivity contribution in [1.82, 2.24) is 0 Å². The van der Waals surface area contributed by atoms with E-state index in [-0.39, 0.29) is 0 Å². The van der Waals surface area contributed by atoms with Gasteiger partial charge in [-0.2, -0.15) is 0 Å². The van der Waals surface area contributed by atoms with Crippen molar-refractivity contribution in [3.05, 3.63) is 29.3 Å². The lowest BCUT2D eigenvalue weighted by atomic mass is 9.99. The number of hydrogen-bond acceptors (Lipinski definition) is 6. The number of aryl methyl sites for hydroxylation is 2. The maximum atomic E-state index is 9.86. The third-order valence-electron chi connectivity index (χ3n) is 3.58. The highest BCUT2D eigenvalue weighted by Gasteiger charge is 2.44. The molecule has 1 aromatic carbocycles. The highest BCUT2D eigenvalue weighted by atomic mass is 16.7. The molecular weight excluding hydrogens is 264 g/mol. The van der Waals surface area contributed by atoms with E-state index < -0.39 is 37.3 Å². The van der Waals surface area contributed by atoms with Crippen molar-refractivity contribution in [2.45, 2.75) is 44.6 Å². The summed E-state index contributed by atoms with van der Waals surface area (Å²) in [6, 6.07) is 5.38. The first kappa shape index (κ1) is 15.2. The van der Waals surface area contributed by atoms with E-state index in [0.717, 1.165) is 11.1 Å². The summed E-state index contributed by atoms with van der Waals surface area (Å²) in [5.41, 5.74) is 2.12. The summed E-state index contributed by atoms with van der Waals surface area (Å²) in [6.07, 6.45) is -6.32. The second kappa shape index (κ2) is 6.07. The number of rotatable bonds is 3. The lowest BCUT2D eigenvalue weighted by Gasteiger charge is -2.39. The fraction of sp³-hybridized carbons (Fsp3) is 0.571. The highest BCUT2D eigenvalue weighted by Crippen LogP contribution is 2.25. The summed E-state index contributed by atoms with van der Waals surface area (Å²) in [5.74, 6) is 0.484. The normalized spacial score (nSPS) is 34.0. The van der Waals surface area contributed by atoms with E-state index in [1.54, 1.807) is 12.1 Å². The Kier molecular flexibility index (Phi) is 4.62. The van der Waals surface area contributed by atoms with Crippen LogP contribution in [0.4, 0.5) is 0 Å². The van der Waals surface area contributed by atoms with Crippen LogP contribution in [-0.2, 0) is 4.74 Å². The smallest absolute Gasteiger partial charge is 0.229 e. The monoisotopic (exact) mass is 284 g/mol. The van der Waals surface area contributed by atoms with Gasteiger partial charge in [0.05, 0.1) is 6.61 Å². The topological polar surface area (TPSA) is 99.4 Å². The standard InChI is InChI=1S/C14H20O6/c1-7-3-4-9(5-8(7)2)19-14-13(18)12(17)11(16)10(6-15)20-14/h3-5,10-18H,6H2,1-2H3/t10-,11+,12+,13+,14+/m0/s1. The van der Waals surface area contributed by atoms with E-state index in [9.17, 15) is 15.3 Å². The van der Waals surface area contributed by atoms with Crippen molar-refractivity contribution in [1.29, 1.82) is 0 Å². The van der Waals surface area contributed by atoms with E-state index >= 15 is 0 Å². The molecule has 112 valence electrons. The molecule has 0 aliphatic carbocycles. The number of ether oxygens (including phenoxy) is 2. The number of benzene rings is 1. The average Bonchev–Trinajstić information content (AvgIpc) is 2.43. The average molecular weight is 284 g/mol. The van der Waals surface area contributed by atoms with E-state index in [1.807, 2.05) is 19.9 Å². The molecular formula is C14H20O6. The predicted octanol–water partition coefficient (Wildman–Crippen LogP) is -0.518. The van der Waals surface area contributed by atoms with Crippen LogP contribution >= 0.6 is 0 Å². The van der Waals surface area contributed by atoms with Crippen LogP contribution in [0.5, 0.6) is 5.75 Å². The fourth-order valence-corrected chi connectivity index (χ4v) is 2.09. The summed E-state index contributed by atoms with van der Waals surface area (Å²) in [5, 5.41) is 38.3. The summed E-state index contributed by atoms with van der Waals surface area (Å²) in [7, 11) is 0. The van der Waals surface area contributed by atoms with Gasteiger partial charge in [0.15, 0.2) is 0 Å². The van der Waals surface area contributed by atoms with Gasteiger partial charge in [0, 0.05) is 0 Å². The SMILES string of the molecule is Cc1ccc(O[C@@H]2O[C@@H](CO)[C@@H](O)[C@@H](O)[C@H]2O)cc1C. The summed E-state index contributed by atoms with van der Waals surface area (Å²) < 4.78 is 10.8. The van der Waals surface area contributed by atoms with Crippen LogP contribution in [0, 0.1) is 13.8 Å². The second-order valence-electron chi connectivity index (χ2n) is 5.06. The molecule has 0 amide bonds. The Morgan fingerprint density at radius 2 is 1.75 bits per heavy atom. The van der Waals surface area contributed by atoms with E-state index in [0.29, 0.717) is 5.75 Å². The van der Waals surface area contributed by atoms with Gasteiger partial charge in [-0.05, 0) is 37.1 Å². The predicted molar refractivity (Wildman–Crippen MR) is 70.3 cm³/mol. The van der Waals surface area contributed by atoms with Crippen molar-refractivity contribution in [3.8, 4) is 5.75 Å². The van der Waals surface area contributed by atoms with Crippen molar-refractivity contribution >= 4 is 0 Å². The van der Waals surface area contributed by atoms with Crippen LogP contribution in [0.1, 0.15) is 11.1 Å². The Morgan fingerprint density at radius 3 is 2.35 bits per heavy atom. The molecule has 1 fully saturated rings. The Bertz CT molecular complexity index is 461. The van der Waals surface area contributed by atoms with Gasteiger partial charge < -0.3 is 29.9 Å². The van der Waals surface area contributed by atoms with Crippen LogP contribution in [0.25, 0.3) is 0 Å². The van der Waals surface area contributed by atoms with Crippen molar-refractivity contribution in [2.24, 2.45) is 0 Å². The van der Waals surface area contributed by atoms with Gasteiger partial charge in [-0.1, -0.05) is 6.07 Å². The molecule has 2 rings (SSSR count). The molecule has 1 saturated heterocycles. The highest BCUT2D eigenvalue weighted by molar-refractivity contribution is 5.33. The zero-order valence-corrected chi connectivity index (χ0v) is 11.4. The Morgan fingerprint density at radius 1 is 1.05 bits per heavy atom. The first-order chi connectivity index (χ1) is 9.43. The molecule has 1 heterocycles. The summed E-state index contributed by atoms with van der Waals surface area (Å²) in [6.45, 7) is 3.42. The molecule has 6 heteroatoms. The van der Waals surface area contributed by atoms with Crippen LogP contribution in [0.2, 0.25) is 0 Å². The first-order valence-corrected chi connectivity index (χ1v) is 6.48. The largest absolute Gasteiger partial charge is 0.462 e. The molecule has 20 heavy (non-hydrogen) atoms. The van der Waals surface area contributed by atoms with Gasteiger partial charge in [0.25, 0.3) is 0 Å². The molecule has 5 atom stereocenters. The third-order valence-corrected chi connectivity index (χ3v) is 3.58. The van der Waals surface area contributed by atoms with Crippen molar-refractivity contribution < 1.29 is 29.9 Å². The molecule has 1 aromatic rings. The molecule has 0 bridgehead atoms. The molecule has 1 aliphatic heterocycles. The molecule has 0 unspecified atom stereocenters. The summed E-state index contributed by atoms with van der Waals surface area (Å²) >= 11 is 0. The molecule has 0 spiro atoms. The van der Waals surface area contributed by atoms with Gasteiger partial charge in [-0.3, -0.25) is 0 Å². The van der Waals surface area contributed by atoms with Gasteiger partial charge in [-0.25, -0.2) is 0 Å². The van der Waals surface area contributed by atoms with E-state index in [2.05, 4.69) is 0 Å². The molecule has 0 aromatic heterocycles. The zero-order chi connectivity index (χ0) is 14.9. The maximum Gasteiger partial charge on any atom is 0.229 e. The number of aliphatic hydroxyl groups is 4. The molecule has 0 radical (unpaired) electrons. The fourth-order valence-electron chi connectivity index (χ4n) is 2.09. The van der Waals surface area contributed by atoms with Crippen molar-refractivity contribution in [2.75, 3.05) is 6.61 Å². The molecule has 1 aliphatic rings. The van der Waals surface area contributed by atoms with Gasteiger partial charge >= 0.3 is 0 Å². The van der Waals surface area contributed by atoms with Crippen LogP contribution in [-0.4, -0.2) is 57.7 Å². The minimum Gasteiger partial charge on any atom is -0.462 e. The van der Waals surface area contributed by atoms with Gasteiger partial charge in [-0.15, -0.1) is 0 Å². The quantitative estimate of drug-likeness (QED) is 0.596. The minimum atomic E-state index is -1.43. The van der Waals surface area contributed by atoms with Gasteiger partial charge in [0.1, 0.15) is 30.2 Å². The zero-order valence-electron chi connectivity index (χ0n) is 11.4. The van der Waals surface area contributed by atoms with Gasteiger partial charge in [0.2, 0.25) is 6.29 Å². The van der Waals surface area contributed by atoms with E-state index in [1.165, 1.54) is 0 Å². The molecule has 0 saturated carbocycles. The lowest BCUT2D eigenvalue weighted by Crippen LogP contribution is -2.60. The second-order valence-corrected chi connectivity index (χ2v) is 5.06. The first-order valence-electron chi connectivity index (χ1n) is 6.48. The van der Waals surface area contributed by atoms with Crippen molar-refractivity contribution in [3.63, 3.8) is 0 Å².